The van der Waals surface area contributed by atoms with Gasteiger partial charge in [0.2, 0.25) is 5.91 Å². The average Bonchev–Trinajstić information content (AvgIpc) is 2.94. The van der Waals surface area contributed by atoms with Gasteiger partial charge in [-0.2, -0.15) is 0 Å². The van der Waals surface area contributed by atoms with Crippen LogP contribution in [-0.4, -0.2) is 45.4 Å². The zero-order valence-corrected chi connectivity index (χ0v) is 14.5. The topological polar surface area (TPSA) is 67.2 Å². The van der Waals surface area contributed by atoms with Crippen molar-refractivity contribution in [3.63, 3.8) is 0 Å². The number of carbonyl (C=O) groups excluding carboxylic acids is 2. The zero-order chi connectivity index (χ0) is 17.3. The molecule has 6 nitrogen and oxygen atoms in total. The van der Waals surface area contributed by atoms with E-state index in [1.807, 2.05) is 43.7 Å². The number of aryl methyl sites for hydroxylation is 1. The Morgan fingerprint density at radius 3 is 2.88 bits per heavy atom. The summed E-state index contributed by atoms with van der Waals surface area (Å²) in [6, 6.07) is 5.71. The molecular weight excluding hydrogens is 304 g/mol. The Hall–Kier alpha value is -2.37. The van der Waals surface area contributed by atoms with Crippen LogP contribution < -0.4 is 5.32 Å². The molecule has 1 aromatic carbocycles. The maximum Gasteiger partial charge on any atom is 0.253 e. The molecule has 1 saturated heterocycles. The number of carbonyl (C=O) groups is 2. The predicted molar refractivity (Wildman–Crippen MR) is 92.6 cm³/mol. The van der Waals surface area contributed by atoms with Gasteiger partial charge in [0.25, 0.3) is 5.91 Å². The van der Waals surface area contributed by atoms with Crippen LogP contribution in [0.15, 0.2) is 24.5 Å². The summed E-state index contributed by atoms with van der Waals surface area (Å²) in [6.07, 6.45) is 3.43. The normalized spacial score (nSPS) is 18.2. The van der Waals surface area contributed by atoms with Gasteiger partial charge in [-0.05, 0) is 44.9 Å². The lowest BCUT2D eigenvalue weighted by molar-refractivity contribution is -0.126. The van der Waals surface area contributed by atoms with Crippen molar-refractivity contribution < 1.29 is 9.59 Å². The third-order valence-corrected chi connectivity index (χ3v) is 4.48. The quantitative estimate of drug-likeness (QED) is 0.936. The summed E-state index contributed by atoms with van der Waals surface area (Å²) >= 11 is 0. The van der Waals surface area contributed by atoms with E-state index in [-0.39, 0.29) is 23.8 Å². The molecule has 0 unspecified atom stereocenters. The number of piperidine rings is 1. The number of imidazole rings is 1. The fourth-order valence-electron chi connectivity index (χ4n) is 3.23. The van der Waals surface area contributed by atoms with Gasteiger partial charge in [0, 0.05) is 31.7 Å². The van der Waals surface area contributed by atoms with Crippen LogP contribution >= 0.6 is 0 Å². The summed E-state index contributed by atoms with van der Waals surface area (Å²) in [5, 5.41) is 2.95. The third-order valence-electron chi connectivity index (χ3n) is 4.48. The van der Waals surface area contributed by atoms with E-state index >= 15 is 0 Å². The molecule has 1 aliphatic heterocycles. The molecule has 1 aliphatic rings. The Bertz CT molecular complexity index is 765. The van der Waals surface area contributed by atoms with Crippen LogP contribution in [0.4, 0.5) is 0 Å². The Balaban J connectivity index is 1.74. The highest BCUT2D eigenvalue weighted by Gasteiger charge is 2.29. The van der Waals surface area contributed by atoms with Gasteiger partial charge in [-0.1, -0.05) is 0 Å². The standard InChI is InChI=1S/C18H24N4O2/c1-12(2)20-17(23)14-5-4-8-22(10-14)18(24)13-6-7-16-15(9-13)19-11-21(16)3/h6-7,9,11-12,14H,4-5,8,10H2,1-3H3,(H,20,23)/t14-/m0/s1. The smallest absolute Gasteiger partial charge is 0.253 e. The van der Waals surface area contributed by atoms with Crippen LogP contribution in [0.1, 0.15) is 37.0 Å². The monoisotopic (exact) mass is 328 g/mol. The first-order valence-electron chi connectivity index (χ1n) is 8.46. The number of hydrogen-bond donors (Lipinski definition) is 1. The van der Waals surface area contributed by atoms with Gasteiger partial charge in [-0.3, -0.25) is 9.59 Å². The van der Waals surface area contributed by atoms with Crippen molar-refractivity contribution in [2.75, 3.05) is 13.1 Å². The minimum absolute atomic E-state index is 0.0235. The minimum Gasteiger partial charge on any atom is -0.354 e. The number of hydrogen-bond acceptors (Lipinski definition) is 3. The molecular formula is C18H24N4O2. The van der Waals surface area contributed by atoms with Crippen molar-refractivity contribution in [3.8, 4) is 0 Å². The minimum atomic E-state index is -0.122. The van der Waals surface area contributed by atoms with Crippen LogP contribution in [0.2, 0.25) is 0 Å². The molecule has 0 radical (unpaired) electrons. The molecule has 0 saturated carbocycles. The number of amides is 2. The highest BCUT2D eigenvalue weighted by atomic mass is 16.2. The number of rotatable bonds is 3. The fourth-order valence-corrected chi connectivity index (χ4v) is 3.23. The van der Waals surface area contributed by atoms with E-state index < -0.39 is 0 Å². The lowest BCUT2D eigenvalue weighted by atomic mass is 9.96. The van der Waals surface area contributed by atoms with E-state index in [0.29, 0.717) is 18.7 Å². The molecule has 1 aromatic heterocycles. The molecule has 1 fully saturated rings. The van der Waals surface area contributed by atoms with Crippen molar-refractivity contribution in [1.29, 1.82) is 0 Å². The lowest BCUT2D eigenvalue weighted by Gasteiger charge is -2.32. The van der Waals surface area contributed by atoms with Gasteiger partial charge in [0.05, 0.1) is 23.3 Å². The second-order valence-corrected chi connectivity index (χ2v) is 6.81. The molecule has 2 heterocycles. The van der Waals surface area contributed by atoms with Crippen molar-refractivity contribution in [2.24, 2.45) is 13.0 Å². The summed E-state index contributed by atoms with van der Waals surface area (Å²) in [7, 11) is 1.93. The summed E-state index contributed by atoms with van der Waals surface area (Å²) in [5.74, 6) is -0.101. The number of nitrogens with one attached hydrogen (secondary N) is 1. The molecule has 1 N–H and O–H groups in total. The second-order valence-electron chi connectivity index (χ2n) is 6.81. The van der Waals surface area contributed by atoms with Gasteiger partial charge in [-0.15, -0.1) is 0 Å². The van der Waals surface area contributed by atoms with Crippen molar-refractivity contribution >= 4 is 22.8 Å². The Morgan fingerprint density at radius 1 is 1.33 bits per heavy atom. The lowest BCUT2D eigenvalue weighted by Crippen LogP contribution is -2.46. The number of aromatic nitrogens is 2. The zero-order valence-electron chi connectivity index (χ0n) is 14.5. The van der Waals surface area contributed by atoms with E-state index in [1.165, 1.54) is 0 Å². The van der Waals surface area contributed by atoms with Gasteiger partial charge < -0.3 is 14.8 Å². The highest BCUT2D eigenvalue weighted by molar-refractivity contribution is 5.97. The summed E-state index contributed by atoms with van der Waals surface area (Å²) in [4.78, 5) is 31.1. The van der Waals surface area contributed by atoms with E-state index in [2.05, 4.69) is 10.3 Å². The second kappa shape index (κ2) is 6.63. The van der Waals surface area contributed by atoms with Crippen LogP contribution in [0, 0.1) is 5.92 Å². The van der Waals surface area contributed by atoms with Crippen molar-refractivity contribution in [2.45, 2.75) is 32.7 Å². The summed E-state index contributed by atoms with van der Waals surface area (Å²) in [5.41, 5.74) is 2.44. The fraction of sp³-hybridized carbons (Fsp3) is 0.500. The largest absolute Gasteiger partial charge is 0.354 e. The summed E-state index contributed by atoms with van der Waals surface area (Å²) < 4.78 is 1.93. The van der Waals surface area contributed by atoms with E-state index in [0.717, 1.165) is 23.9 Å². The van der Waals surface area contributed by atoms with Gasteiger partial charge in [0.1, 0.15) is 0 Å². The Kier molecular flexibility index (Phi) is 4.55. The number of likely N-dealkylation sites (tertiary alicyclic amines) is 1. The van der Waals surface area contributed by atoms with Gasteiger partial charge in [0.15, 0.2) is 0 Å². The van der Waals surface area contributed by atoms with Gasteiger partial charge >= 0.3 is 0 Å². The van der Waals surface area contributed by atoms with E-state index in [4.69, 9.17) is 0 Å². The van der Waals surface area contributed by atoms with E-state index in [9.17, 15) is 9.59 Å². The molecule has 0 aliphatic carbocycles. The van der Waals surface area contributed by atoms with Crippen molar-refractivity contribution in [1.82, 2.24) is 19.8 Å². The van der Waals surface area contributed by atoms with E-state index in [1.54, 1.807) is 11.2 Å². The molecule has 3 rings (SSSR count). The maximum atomic E-state index is 12.8. The molecule has 0 spiro atoms. The molecule has 128 valence electrons. The molecule has 6 heteroatoms. The first kappa shape index (κ1) is 16.5. The number of fused-ring (bicyclic) bond motifs is 1. The predicted octanol–water partition coefficient (Wildman–Crippen LogP) is 1.95. The Labute approximate surface area is 141 Å². The average molecular weight is 328 g/mol. The molecule has 2 amide bonds. The SMILES string of the molecule is CC(C)NC(=O)[C@H]1CCCN(C(=O)c2ccc3c(c2)ncn3C)C1. The van der Waals surface area contributed by atoms with Gasteiger partial charge in [-0.25, -0.2) is 4.98 Å². The molecule has 2 aromatic rings. The molecule has 0 bridgehead atoms. The van der Waals surface area contributed by atoms with Crippen molar-refractivity contribution in [3.05, 3.63) is 30.1 Å². The first-order valence-corrected chi connectivity index (χ1v) is 8.46. The molecule has 24 heavy (non-hydrogen) atoms. The maximum absolute atomic E-state index is 12.8. The van der Waals surface area contributed by atoms with Crippen LogP contribution in [0.5, 0.6) is 0 Å². The third kappa shape index (κ3) is 3.27. The van der Waals surface area contributed by atoms with Crippen LogP contribution in [-0.2, 0) is 11.8 Å². The number of nitrogens with zero attached hydrogens (tertiary/aromatic N) is 3. The van der Waals surface area contributed by atoms with Crippen LogP contribution in [0.25, 0.3) is 11.0 Å². The molecule has 1 atom stereocenters. The first-order chi connectivity index (χ1) is 11.5. The summed E-state index contributed by atoms with van der Waals surface area (Å²) in [6.45, 7) is 5.08. The van der Waals surface area contributed by atoms with Crippen LogP contribution in [0.3, 0.4) is 0 Å². The highest BCUT2D eigenvalue weighted by Crippen LogP contribution is 2.21. The Morgan fingerprint density at radius 2 is 2.12 bits per heavy atom. The number of benzene rings is 1.